The van der Waals surface area contributed by atoms with Crippen LogP contribution in [0.2, 0.25) is 0 Å². The molecule has 0 saturated carbocycles. The number of rotatable bonds is 4. The van der Waals surface area contributed by atoms with Crippen LogP contribution >= 0.6 is 0 Å². The number of benzene rings is 3. The molecule has 2 amide bonds. The molecule has 2 fully saturated rings. The molecule has 2 aliphatic rings. The SMILES string of the molecule is O=C(Nc1cccc2ccccc12)O[C@H]1CO[C@@H]2[C@@H]1OC[C@@H]2NC(=O)c1ccc(C(F)(F)F)cc1. The maximum absolute atomic E-state index is 12.7. The van der Waals surface area contributed by atoms with E-state index in [4.69, 9.17) is 14.2 Å². The average Bonchev–Trinajstić information content (AvgIpc) is 3.42. The van der Waals surface area contributed by atoms with Crippen LogP contribution in [0, 0.1) is 0 Å². The van der Waals surface area contributed by atoms with Crippen LogP contribution in [0.25, 0.3) is 10.8 Å². The van der Waals surface area contributed by atoms with Crippen LogP contribution in [0.1, 0.15) is 15.9 Å². The fourth-order valence-electron chi connectivity index (χ4n) is 4.36. The zero-order chi connectivity index (χ0) is 24.6. The van der Waals surface area contributed by atoms with Gasteiger partial charge in [-0.1, -0.05) is 36.4 Å². The number of hydrogen-bond donors (Lipinski definition) is 2. The number of hydrogen-bond acceptors (Lipinski definition) is 5. The van der Waals surface area contributed by atoms with Gasteiger partial charge in [0.05, 0.1) is 30.5 Å². The minimum Gasteiger partial charge on any atom is -0.441 e. The third kappa shape index (κ3) is 4.80. The van der Waals surface area contributed by atoms with Gasteiger partial charge in [0.2, 0.25) is 0 Å². The van der Waals surface area contributed by atoms with E-state index in [2.05, 4.69) is 10.6 Å². The maximum Gasteiger partial charge on any atom is 0.416 e. The highest BCUT2D eigenvalue weighted by molar-refractivity contribution is 6.00. The van der Waals surface area contributed by atoms with Gasteiger partial charge >= 0.3 is 12.3 Å². The van der Waals surface area contributed by atoms with Crippen LogP contribution in [0.3, 0.4) is 0 Å². The second-order valence-electron chi connectivity index (χ2n) is 8.35. The lowest BCUT2D eigenvalue weighted by atomic mass is 10.1. The van der Waals surface area contributed by atoms with E-state index in [-0.39, 0.29) is 18.8 Å². The van der Waals surface area contributed by atoms with Crippen molar-refractivity contribution in [2.45, 2.75) is 30.5 Å². The highest BCUT2D eigenvalue weighted by atomic mass is 19.4. The molecule has 2 saturated heterocycles. The van der Waals surface area contributed by atoms with Crippen molar-refractivity contribution in [2.75, 3.05) is 18.5 Å². The van der Waals surface area contributed by atoms with Crippen molar-refractivity contribution in [1.29, 1.82) is 0 Å². The summed E-state index contributed by atoms with van der Waals surface area (Å²) in [6.07, 6.45) is -6.94. The first-order valence-electron chi connectivity index (χ1n) is 11.0. The quantitative estimate of drug-likeness (QED) is 0.572. The molecule has 5 rings (SSSR count). The van der Waals surface area contributed by atoms with Gasteiger partial charge in [0.25, 0.3) is 5.91 Å². The van der Waals surface area contributed by atoms with Gasteiger partial charge in [-0.25, -0.2) is 4.79 Å². The molecule has 3 aromatic carbocycles. The van der Waals surface area contributed by atoms with Crippen LogP contribution in [0.5, 0.6) is 0 Å². The molecule has 0 unspecified atom stereocenters. The predicted octanol–water partition coefficient (Wildman–Crippen LogP) is 4.37. The standard InChI is InChI=1S/C25H21F3N2O5/c26-25(27,28)16-10-8-15(9-11-16)23(31)29-19-12-33-22-20(13-34-21(19)22)35-24(32)30-18-7-3-5-14-4-1-2-6-17(14)18/h1-11,19-22H,12-13H2,(H,29,31)(H,30,32)/t19-,20-,21-,22+/m0/s1. The van der Waals surface area contributed by atoms with Crippen molar-refractivity contribution in [2.24, 2.45) is 0 Å². The Morgan fingerprint density at radius 3 is 2.37 bits per heavy atom. The smallest absolute Gasteiger partial charge is 0.416 e. The van der Waals surface area contributed by atoms with Crippen molar-refractivity contribution < 1.29 is 37.0 Å². The molecule has 2 aliphatic heterocycles. The van der Waals surface area contributed by atoms with Crippen molar-refractivity contribution in [1.82, 2.24) is 5.32 Å². The lowest BCUT2D eigenvalue weighted by Gasteiger charge is -2.18. The number of amides is 2. The zero-order valence-electron chi connectivity index (χ0n) is 18.2. The lowest BCUT2D eigenvalue weighted by molar-refractivity contribution is -0.137. The third-order valence-corrected chi connectivity index (χ3v) is 6.08. The van der Waals surface area contributed by atoms with Gasteiger partial charge in [0.1, 0.15) is 12.2 Å². The van der Waals surface area contributed by atoms with E-state index in [1.54, 1.807) is 6.07 Å². The summed E-state index contributed by atoms with van der Waals surface area (Å²) in [6.45, 7) is 0.206. The number of carbonyl (C=O) groups excluding carboxylic acids is 2. The Kier molecular flexibility index (Phi) is 6.08. The van der Waals surface area contributed by atoms with E-state index in [1.807, 2.05) is 36.4 Å². The number of alkyl halides is 3. The molecule has 2 N–H and O–H groups in total. The second-order valence-corrected chi connectivity index (χ2v) is 8.35. The zero-order valence-corrected chi connectivity index (χ0v) is 18.2. The first kappa shape index (κ1) is 23.1. The predicted molar refractivity (Wildman–Crippen MR) is 120 cm³/mol. The molecule has 0 aliphatic carbocycles. The summed E-state index contributed by atoms with van der Waals surface area (Å²) in [7, 11) is 0. The summed E-state index contributed by atoms with van der Waals surface area (Å²) < 4.78 is 55.2. The highest BCUT2D eigenvalue weighted by Crippen LogP contribution is 2.31. The minimum absolute atomic E-state index is 0.0849. The van der Waals surface area contributed by atoms with E-state index in [1.165, 1.54) is 0 Å². The van der Waals surface area contributed by atoms with E-state index in [9.17, 15) is 22.8 Å². The molecular formula is C25H21F3N2O5. The molecule has 3 aromatic rings. The summed E-state index contributed by atoms with van der Waals surface area (Å²) >= 11 is 0. The van der Waals surface area contributed by atoms with Gasteiger partial charge in [-0.15, -0.1) is 0 Å². The van der Waals surface area contributed by atoms with Gasteiger partial charge in [-0.3, -0.25) is 10.1 Å². The maximum atomic E-state index is 12.7. The van der Waals surface area contributed by atoms with Crippen molar-refractivity contribution in [3.63, 3.8) is 0 Å². The molecule has 2 heterocycles. The minimum atomic E-state index is -4.48. The Hall–Kier alpha value is -3.63. The Balaban J connectivity index is 1.18. The Labute approximate surface area is 198 Å². The van der Waals surface area contributed by atoms with E-state index >= 15 is 0 Å². The number of carbonyl (C=O) groups is 2. The molecule has 0 aromatic heterocycles. The van der Waals surface area contributed by atoms with E-state index in [0.717, 1.165) is 35.0 Å². The summed E-state index contributed by atoms with van der Waals surface area (Å²) in [5.74, 6) is -0.547. The topological polar surface area (TPSA) is 85.9 Å². The molecule has 7 nitrogen and oxygen atoms in total. The fraction of sp³-hybridized carbons (Fsp3) is 0.280. The van der Waals surface area contributed by atoms with Crippen LogP contribution in [0.15, 0.2) is 66.7 Å². The molecule has 182 valence electrons. The first-order valence-corrected chi connectivity index (χ1v) is 11.0. The molecule has 0 bridgehead atoms. The summed E-state index contributed by atoms with van der Waals surface area (Å²) in [5.41, 5.74) is -0.140. The molecular weight excluding hydrogens is 465 g/mol. The lowest BCUT2D eigenvalue weighted by Crippen LogP contribution is -2.44. The van der Waals surface area contributed by atoms with Crippen molar-refractivity contribution in [3.8, 4) is 0 Å². The molecule has 4 atom stereocenters. The van der Waals surface area contributed by atoms with E-state index < -0.39 is 48.1 Å². The Bertz CT molecular complexity index is 1240. The molecule has 35 heavy (non-hydrogen) atoms. The number of halogens is 3. The van der Waals surface area contributed by atoms with Crippen LogP contribution in [-0.2, 0) is 20.4 Å². The third-order valence-electron chi connectivity index (χ3n) is 6.08. The van der Waals surface area contributed by atoms with Gasteiger partial charge < -0.3 is 19.5 Å². The van der Waals surface area contributed by atoms with Crippen LogP contribution in [0.4, 0.5) is 23.7 Å². The average molecular weight is 486 g/mol. The highest BCUT2D eigenvalue weighted by Gasteiger charge is 2.50. The van der Waals surface area contributed by atoms with E-state index in [0.29, 0.717) is 5.69 Å². The summed E-state index contributed by atoms with van der Waals surface area (Å²) in [6, 6.07) is 16.6. The normalized spacial score (nSPS) is 23.6. The van der Waals surface area contributed by atoms with Gasteiger partial charge in [-0.05, 0) is 35.7 Å². The number of ether oxygens (including phenoxy) is 3. The summed E-state index contributed by atoms with van der Waals surface area (Å²) in [5, 5.41) is 7.33. The largest absolute Gasteiger partial charge is 0.441 e. The van der Waals surface area contributed by atoms with Crippen LogP contribution in [-0.4, -0.2) is 49.6 Å². The molecule has 0 radical (unpaired) electrons. The van der Waals surface area contributed by atoms with Gasteiger partial charge in [-0.2, -0.15) is 13.2 Å². The number of fused-ring (bicyclic) bond motifs is 2. The van der Waals surface area contributed by atoms with Crippen LogP contribution < -0.4 is 10.6 Å². The van der Waals surface area contributed by atoms with Crippen molar-refractivity contribution in [3.05, 3.63) is 77.9 Å². The van der Waals surface area contributed by atoms with Gasteiger partial charge in [0, 0.05) is 10.9 Å². The summed E-state index contributed by atoms with van der Waals surface area (Å²) in [4.78, 5) is 25.1. The molecule has 10 heteroatoms. The Morgan fingerprint density at radius 1 is 0.886 bits per heavy atom. The van der Waals surface area contributed by atoms with Gasteiger partial charge in [0.15, 0.2) is 6.10 Å². The monoisotopic (exact) mass is 486 g/mol. The van der Waals surface area contributed by atoms with Crippen molar-refractivity contribution >= 4 is 28.5 Å². The fourth-order valence-corrected chi connectivity index (χ4v) is 4.36. The second kappa shape index (κ2) is 9.20. The first-order chi connectivity index (χ1) is 16.8. The molecule has 0 spiro atoms. The number of nitrogens with one attached hydrogen (secondary N) is 2. The Morgan fingerprint density at radius 2 is 1.60 bits per heavy atom. The number of anilines is 1.